The quantitative estimate of drug-likeness (QED) is 0.0197. The van der Waals surface area contributed by atoms with E-state index >= 15 is 0 Å². The van der Waals surface area contributed by atoms with E-state index in [0.717, 1.165) is 64.2 Å². The molecule has 0 fully saturated rings. The Morgan fingerprint density at radius 1 is 0.403 bits per heavy atom. The Labute approximate surface area is 441 Å². The van der Waals surface area contributed by atoms with Gasteiger partial charge in [-0.15, -0.1) is 0 Å². The number of unbranched alkanes of at least 4 members (excludes halogenated alkanes) is 30. The molecule has 3 atom stereocenters. The summed E-state index contributed by atoms with van der Waals surface area (Å²) in [6.45, 7) is 4.49. The van der Waals surface area contributed by atoms with Crippen LogP contribution in [0.2, 0.25) is 0 Å². The molecule has 0 aliphatic rings. The van der Waals surface area contributed by atoms with Crippen LogP contribution in [0.15, 0.2) is 48.6 Å². The van der Waals surface area contributed by atoms with Crippen molar-refractivity contribution in [1.82, 2.24) is 0 Å². The molecule has 0 saturated carbocycles. The minimum Gasteiger partial charge on any atom is -0.462 e. The first-order valence-corrected chi connectivity index (χ1v) is 31.0. The predicted molar refractivity (Wildman–Crippen MR) is 298 cm³/mol. The molecule has 0 spiro atoms. The third-order valence-corrected chi connectivity index (χ3v) is 13.7. The molecule has 0 rings (SSSR count). The van der Waals surface area contributed by atoms with Crippen LogP contribution in [0.1, 0.15) is 278 Å². The van der Waals surface area contributed by atoms with Gasteiger partial charge in [-0.1, -0.05) is 262 Å². The summed E-state index contributed by atoms with van der Waals surface area (Å²) in [7, 11) is -4.76. The molecular weight excluding hydrogens is 928 g/mol. The fourth-order valence-electron chi connectivity index (χ4n) is 8.31. The van der Waals surface area contributed by atoms with Crippen molar-refractivity contribution in [2.75, 3.05) is 26.4 Å². The second-order valence-corrected chi connectivity index (χ2v) is 21.2. The van der Waals surface area contributed by atoms with Gasteiger partial charge in [-0.25, -0.2) is 4.57 Å². The number of aliphatic hydroxyl groups excluding tert-OH is 1. The lowest BCUT2D eigenvalue weighted by atomic mass is 10.0. The lowest BCUT2D eigenvalue weighted by molar-refractivity contribution is -0.161. The van der Waals surface area contributed by atoms with E-state index in [9.17, 15) is 28.9 Å². The van der Waals surface area contributed by atoms with Gasteiger partial charge in [-0.05, 0) is 44.9 Å². The van der Waals surface area contributed by atoms with Crippen molar-refractivity contribution in [2.24, 2.45) is 0 Å². The van der Waals surface area contributed by atoms with E-state index in [1.54, 1.807) is 0 Å². The summed E-state index contributed by atoms with van der Waals surface area (Å²) in [6, 6.07) is 0. The van der Waals surface area contributed by atoms with Crippen LogP contribution < -0.4 is 0 Å². The molecule has 0 amide bonds. The molecule has 0 aromatic rings. The van der Waals surface area contributed by atoms with E-state index in [1.165, 1.54) is 154 Å². The van der Waals surface area contributed by atoms with Gasteiger partial charge >= 0.3 is 25.7 Å². The van der Waals surface area contributed by atoms with Crippen LogP contribution in [0.3, 0.4) is 0 Å². The standard InChI is InChI=1S/C60H109O11P/c1-4-7-10-13-16-19-22-25-26-27-28-29-30-33-34-37-40-43-46-49-58(62)67-53-57(71-60(64)51-48-45-42-39-36-32-24-21-18-15-12-9-6-3)55-69-72(65,66)68-54-56(52-61)70-59(63)50-47-44-41-38-35-31-23-20-17-14-11-8-5-2/h9,12,18,21,32,36,42,45,56-57,61H,4-8,10-11,13-17,19-20,22-31,33-35,37-41,43-44,46-55H2,1-3H3,(H,65,66)/b12-9-,21-18-,36-32-,45-42-. The number of carbonyl (C=O) groups is 3. The number of phosphoric acid groups is 1. The summed E-state index contributed by atoms with van der Waals surface area (Å²) in [4.78, 5) is 48.5. The number of ether oxygens (including phenoxy) is 3. The largest absolute Gasteiger partial charge is 0.472 e. The highest BCUT2D eigenvalue weighted by Crippen LogP contribution is 2.43. The second-order valence-electron chi connectivity index (χ2n) is 19.8. The van der Waals surface area contributed by atoms with Crippen molar-refractivity contribution < 1.29 is 52.2 Å². The van der Waals surface area contributed by atoms with Crippen molar-refractivity contribution in [3.8, 4) is 0 Å². The van der Waals surface area contributed by atoms with Gasteiger partial charge in [0.25, 0.3) is 0 Å². The molecule has 72 heavy (non-hydrogen) atoms. The van der Waals surface area contributed by atoms with Crippen molar-refractivity contribution in [2.45, 2.75) is 290 Å². The molecule has 0 aromatic heterocycles. The Hall–Kier alpha value is -2.56. The Bertz CT molecular complexity index is 1400. The zero-order valence-corrected chi connectivity index (χ0v) is 47.3. The van der Waals surface area contributed by atoms with Crippen LogP contribution in [0.5, 0.6) is 0 Å². The number of esters is 3. The van der Waals surface area contributed by atoms with Crippen LogP contribution >= 0.6 is 7.82 Å². The van der Waals surface area contributed by atoms with Crippen molar-refractivity contribution >= 4 is 25.7 Å². The molecule has 0 aromatic carbocycles. The summed E-state index contributed by atoms with van der Waals surface area (Å²) in [5.41, 5.74) is 0. The molecule has 420 valence electrons. The first kappa shape index (κ1) is 69.4. The van der Waals surface area contributed by atoms with E-state index in [1.807, 2.05) is 12.2 Å². The average Bonchev–Trinajstić information content (AvgIpc) is 3.37. The first-order chi connectivity index (χ1) is 35.2. The normalized spacial score (nSPS) is 13.7. The highest BCUT2D eigenvalue weighted by molar-refractivity contribution is 7.47. The minimum atomic E-state index is -4.76. The molecule has 12 heteroatoms. The number of hydrogen-bond acceptors (Lipinski definition) is 10. The van der Waals surface area contributed by atoms with Gasteiger partial charge in [0.1, 0.15) is 12.7 Å². The fraction of sp³-hybridized carbons (Fsp3) is 0.817. The molecule has 2 N–H and O–H groups in total. The zero-order valence-electron chi connectivity index (χ0n) is 46.4. The van der Waals surface area contributed by atoms with E-state index in [2.05, 4.69) is 57.2 Å². The van der Waals surface area contributed by atoms with Crippen molar-refractivity contribution in [1.29, 1.82) is 0 Å². The lowest BCUT2D eigenvalue weighted by Crippen LogP contribution is -2.30. The topological polar surface area (TPSA) is 155 Å². The predicted octanol–water partition coefficient (Wildman–Crippen LogP) is 17.4. The zero-order chi connectivity index (χ0) is 52.7. The number of allylic oxidation sites excluding steroid dienone is 8. The molecule has 0 aliphatic carbocycles. The highest BCUT2D eigenvalue weighted by Gasteiger charge is 2.28. The summed E-state index contributed by atoms with van der Waals surface area (Å²) in [5.74, 6) is -1.54. The lowest BCUT2D eigenvalue weighted by Gasteiger charge is -2.21. The van der Waals surface area contributed by atoms with Crippen LogP contribution in [0, 0.1) is 0 Å². The third kappa shape index (κ3) is 52.3. The van der Waals surface area contributed by atoms with Crippen LogP contribution in [0.4, 0.5) is 0 Å². The smallest absolute Gasteiger partial charge is 0.462 e. The van der Waals surface area contributed by atoms with Crippen LogP contribution in [-0.4, -0.2) is 66.5 Å². The third-order valence-electron chi connectivity index (χ3n) is 12.8. The van der Waals surface area contributed by atoms with E-state index < -0.39 is 57.8 Å². The SMILES string of the molecule is CC/C=C\C/C=C\C/C=C\C/C=C\CCC(=O)OC(COC(=O)CCCCCCCCCCCCCCCCCCCCC)COP(=O)(O)OCC(CO)OC(=O)CCCCCCCCCCCCCCC. The highest BCUT2D eigenvalue weighted by atomic mass is 31.2. The maximum Gasteiger partial charge on any atom is 0.472 e. The Morgan fingerprint density at radius 3 is 1.11 bits per heavy atom. The Kier molecular flexibility index (Phi) is 52.7. The fourth-order valence-corrected chi connectivity index (χ4v) is 9.10. The maximum atomic E-state index is 12.9. The summed E-state index contributed by atoms with van der Waals surface area (Å²) in [5, 5.41) is 9.80. The number of carbonyl (C=O) groups excluding carboxylic acids is 3. The summed E-state index contributed by atoms with van der Waals surface area (Å²) < 4.78 is 39.4. The summed E-state index contributed by atoms with van der Waals surface area (Å²) in [6.07, 6.45) is 58.1. The van der Waals surface area contributed by atoms with E-state index in [0.29, 0.717) is 19.3 Å². The van der Waals surface area contributed by atoms with Gasteiger partial charge in [0.2, 0.25) is 0 Å². The number of rotatable bonds is 55. The number of phosphoric ester groups is 1. The second kappa shape index (κ2) is 54.7. The monoisotopic (exact) mass is 1040 g/mol. The molecular formula is C60H109O11P. The van der Waals surface area contributed by atoms with Gasteiger partial charge in [0.05, 0.1) is 19.8 Å². The average molecular weight is 1040 g/mol. The molecule has 3 unspecified atom stereocenters. The first-order valence-electron chi connectivity index (χ1n) is 29.5. The maximum absolute atomic E-state index is 12.9. The van der Waals surface area contributed by atoms with Crippen molar-refractivity contribution in [3.63, 3.8) is 0 Å². The molecule has 0 bridgehead atoms. The number of aliphatic hydroxyl groups is 1. The molecule has 0 aliphatic heterocycles. The molecule has 0 radical (unpaired) electrons. The summed E-state index contributed by atoms with van der Waals surface area (Å²) >= 11 is 0. The molecule has 0 heterocycles. The van der Waals surface area contributed by atoms with Gasteiger partial charge < -0.3 is 24.2 Å². The van der Waals surface area contributed by atoms with Crippen molar-refractivity contribution in [3.05, 3.63) is 48.6 Å². The van der Waals surface area contributed by atoms with Crippen LogP contribution in [-0.2, 0) is 42.2 Å². The number of hydrogen-bond donors (Lipinski definition) is 2. The van der Waals surface area contributed by atoms with Crippen LogP contribution in [0.25, 0.3) is 0 Å². The van der Waals surface area contributed by atoms with Gasteiger partial charge in [0, 0.05) is 19.3 Å². The molecule has 0 saturated heterocycles. The van der Waals surface area contributed by atoms with Gasteiger partial charge in [-0.2, -0.15) is 0 Å². The van der Waals surface area contributed by atoms with E-state index in [4.69, 9.17) is 23.3 Å². The van der Waals surface area contributed by atoms with E-state index in [-0.39, 0.29) is 25.9 Å². The van der Waals surface area contributed by atoms with Gasteiger partial charge in [0.15, 0.2) is 6.10 Å². The van der Waals surface area contributed by atoms with Gasteiger partial charge in [-0.3, -0.25) is 23.4 Å². The Balaban J connectivity index is 4.70. The molecule has 11 nitrogen and oxygen atoms in total. The Morgan fingerprint density at radius 2 is 0.722 bits per heavy atom. The minimum absolute atomic E-state index is 0.0498.